The van der Waals surface area contributed by atoms with Crippen LogP contribution in [0.1, 0.15) is 37.9 Å². The van der Waals surface area contributed by atoms with Crippen molar-refractivity contribution >= 4 is 11.8 Å². The molecule has 0 spiro atoms. The molecule has 3 heterocycles. The number of imidazole rings is 1. The van der Waals surface area contributed by atoms with E-state index in [0.717, 1.165) is 56.5 Å². The van der Waals surface area contributed by atoms with Gasteiger partial charge in [0.25, 0.3) is 0 Å². The number of hydrogen-bond acceptors (Lipinski definition) is 8. The number of rotatable bonds is 8. The van der Waals surface area contributed by atoms with Crippen LogP contribution in [-0.2, 0) is 6.54 Å². The summed E-state index contributed by atoms with van der Waals surface area (Å²) in [6.07, 6.45) is 11.5. The Bertz CT molecular complexity index is 901. The number of aryl methyl sites for hydroxylation is 2. The van der Waals surface area contributed by atoms with E-state index in [1.807, 2.05) is 30.1 Å². The van der Waals surface area contributed by atoms with Gasteiger partial charge in [0, 0.05) is 37.7 Å². The first kappa shape index (κ1) is 19.4. The monoisotopic (exact) mass is 397 g/mol. The van der Waals surface area contributed by atoms with E-state index in [1.165, 1.54) is 0 Å². The van der Waals surface area contributed by atoms with E-state index in [-0.39, 0.29) is 12.1 Å². The summed E-state index contributed by atoms with van der Waals surface area (Å²) in [6, 6.07) is 2.16. The van der Waals surface area contributed by atoms with Gasteiger partial charge in [-0.2, -0.15) is 0 Å². The second-order valence-corrected chi connectivity index (χ2v) is 7.46. The Morgan fingerprint density at radius 2 is 2.10 bits per heavy atom. The Balaban J connectivity index is 1.40. The third kappa shape index (κ3) is 4.92. The van der Waals surface area contributed by atoms with Crippen molar-refractivity contribution in [1.82, 2.24) is 24.7 Å². The van der Waals surface area contributed by atoms with Crippen LogP contribution in [0.3, 0.4) is 0 Å². The average Bonchev–Trinajstić information content (AvgIpc) is 3.37. The Morgan fingerprint density at radius 3 is 2.90 bits per heavy atom. The molecule has 29 heavy (non-hydrogen) atoms. The van der Waals surface area contributed by atoms with Crippen molar-refractivity contribution in [3.8, 4) is 11.3 Å². The molecule has 1 aliphatic carbocycles. The van der Waals surface area contributed by atoms with Gasteiger partial charge in [-0.3, -0.25) is 0 Å². The second kappa shape index (κ2) is 9.04. The zero-order chi connectivity index (χ0) is 20.1. The lowest BCUT2D eigenvalue weighted by Crippen LogP contribution is -2.28. The van der Waals surface area contributed by atoms with E-state index in [4.69, 9.17) is 4.52 Å². The fourth-order valence-corrected chi connectivity index (χ4v) is 3.65. The highest BCUT2D eigenvalue weighted by Crippen LogP contribution is 2.30. The predicted molar refractivity (Wildman–Crippen MR) is 109 cm³/mol. The molecule has 9 heteroatoms. The minimum atomic E-state index is -0.178. The van der Waals surface area contributed by atoms with Crippen molar-refractivity contribution in [2.24, 2.45) is 0 Å². The molecule has 0 bridgehead atoms. The molecule has 3 aromatic heterocycles. The van der Waals surface area contributed by atoms with Gasteiger partial charge in [-0.15, -0.1) is 0 Å². The molecule has 0 aliphatic heterocycles. The molecule has 1 fully saturated rings. The highest BCUT2D eigenvalue weighted by Gasteiger charge is 2.21. The van der Waals surface area contributed by atoms with E-state index in [9.17, 15) is 5.11 Å². The van der Waals surface area contributed by atoms with E-state index in [2.05, 4.69) is 30.7 Å². The Kier molecular flexibility index (Phi) is 6.04. The van der Waals surface area contributed by atoms with Crippen LogP contribution in [0.25, 0.3) is 11.3 Å². The van der Waals surface area contributed by atoms with Gasteiger partial charge >= 0.3 is 0 Å². The molecule has 4 rings (SSSR count). The van der Waals surface area contributed by atoms with Gasteiger partial charge in [0.2, 0.25) is 5.95 Å². The van der Waals surface area contributed by atoms with Crippen molar-refractivity contribution in [1.29, 1.82) is 0 Å². The lowest BCUT2D eigenvalue weighted by Gasteiger charge is -2.26. The number of aliphatic hydroxyl groups is 1. The highest BCUT2D eigenvalue weighted by atomic mass is 16.5. The maximum atomic E-state index is 9.68. The Hall–Kier alpha value is -2.94. The zero-order valence-electron chi connectivity index (χ0n) is 16.6. The molecule has 0 radical (unpaired) electrons. The summed E-state index contributed by atoms with van der Waals surface area (Å²) in [6.45, 7) is 3.53. The molecule has 154 valence electrons. The zero-order valence-corrected chi connectivity index (χ0v) is 16.6. The molecular formula is C20H27N7O2. The first-order valence-corrected chi connectivity index (χ1v) is 10.1. The van der Waals surface area contributed by atoms with Crippen LogP contribution in [0.4, 0.5) is 11.8 Å². The van der Waals surface area contributed by atoms with Crippen molar-refractivity contribution in [3.05, 3.63) is 36.7 Å². The summed E-state index contributed by atoms with van der Waals surface area (Å²) < 4.78 is 7.46. The van der Waals surface area contributed by atoms with Crippen molar-refractivity contribution < 1.29 is 9.63 Å². The summed E-state index contributed by atoms with van der Waals surface area (Å²) in [5.74, 6) is 2.00. The first-order chi connectivity index (χ1) is 14.2. The fourth-order valence-electron chi connectivity index (χ4n) is 3.65. The highest BCUT2D eigenvalue weighted by molar-refractivity contribution is 5.74. The van der Waals surface area contributed by atoms with Crippen LogP contribution in [0, 0.1) is 6.92 Å². The minimum absolute atomic E-state index is 0.178. The predicted octanol–water partition coefficient (Wildman–Crippen LogP) is 2.85. The maximum absolute atomic E-state index is 9.68. The third-order valence-corrected chi connectivity index (χ3v) is 5.25. The average molecular weight is 397 g/mol. The van der Waals surface area contributed by atoms with Crippen LogP contribution in [0.5, 0.6) is 0 Å². The van der Waals surface area contributed by atoms with Gasteiger partial charge in [-0.25, -0.2) is 15.0 Å². The number of nitrogens with one attached hydrogen (secondary N) is 2. The molecule has 0 saturated heterocycles. The van der Waals surface area contributed by atoms with Crippen molar-refractivity contribution in [2.45, 2.75) is 57.7 Å². The van der Waals surface area contributed by atoms with Gasteiger partial charge in [0.15, 0.2) is 5.82 Å². The number of aromatic nitrogens is 5. The van der Waals surface area contributed by atoms with E-state index < -0.39 is 0 Å². The summed E-state index contributed by atoms with van der Waals surface area (Å²) in [7, 11) is 0. The van der Waals surface area contributed by atoms with Gasteiger partial charge in [-0.05, 0) is 45.1 Å². The normalized spacial score (nSPS) is 19.2. The molecule has 1 aliphatic rings. The maximum Gasteiger partial charge on any atom is 0.223 e. The topological polar surface area (TPSA) is 114 Å². The van der Waals surface area contributed by atoms with Gasteiger partial charge in [-0.1, -0.05) is 5.16 Å². The number of nitrogens with zero attached hydrogens (tertiary/aromatic N) is 5. The Morgan fingerprint density at radius 1 is 1.24 bits per heavy atom. The molecule has 3 N–H and O–H groups in total. The van der Waals surface area contributed by atoms with E-state index >= 15 is 0 Å². The molecular weight excluding hydrogens is 370 g/mol. The summed E-state index contributed by atoms with van der Waals surface area (Å²) >= 11 is 0. The van der Waals surface area contributed by atoms with Crippen molar-refractivity contribution in [3.63, 3.8) is 0 Å². The van der Waals surface area contributed by atoms with E-state index in [0.29, 0.717) is 17.5 Å². The number of anilines is 2. The standard InChI is InChI=1S/C20H27N7O2/c1-14-18(19(26-29-14)22-8-2-11-27-12-10-21-13-27)17-7-9-23-20(25-17)24-15-3-5-16(28)6-4-15/h7,9-10,12-13,15-16,28H,2-6,8,11H2,1H3,(H,22,26)(H,23,24,25). The molecule has 1 saturated carbocycles. The minimum Gasteiger partial charge on any atom is -0.393 e. The van der Waals surface area contributed by atoms with Gasteiger partial charge in [0.1, 0.15) is 5.76 Å². The molecule has 0 aromatic carbocycles. The van der Waals surface area contributed by atoms with Gasteiger partial charge < -0.3 is 24.8 Å². The Labute approximate surface area is 169 Å². The van der Waals surface area contributed by atoms with Crippen LogP contribution >= 0.6 is 0 Å². The van der Waals surface area contributed by atoms with Crippen LogP contribution in [0.2, 0.25) is 0 Å². The summed E-state index contributed by atoms with van der Waals surface area (Å²) in [5, 5.41) is 20.6. The van der Waals surface area contributed by atoms with Crippen molar-refractivity contribution in [2.75, 3.05) is 17.2 Å². The summed E-state index contributed by atoms with van der Waals surface area (Å²) in [5.41, 5.74) is 1.63. The lowest BCUT2D eigenvalue weighted by atomic mass is 9.93. The van der Waals surface area contributed by atoms with Gasteiger partial charge in [0.05, 0.1) is 23.7 Å². The molecule has 0 atom stereocenters. The summed E-state index contributed by atoms with van der Waals surface area (Å²) in [4.78, 5) is 13.1. The SMILES string of the molecule is Cc1onc(NCCCn2ccnc2)c1-c1ccnc(NC2CCC(O)CC2)n1. The smallest absolute Gasteiger partial charge is 0.223 e. The number of aliphatic hydroxyl groups excluding tert-OH is 1. The van der Waals surface area contributed by atoms with Crippen LogP contribution in [-0.4, -0.2) is 48.5 Å². The first-order valence-electron chi connectivity index (χ1n) is 10.1. The largest absolute Gasteiger partial charge is 0.393 e. The quantitative estimate of drug-likeness (QED) is 0.497. The molecule has 0 unspecified atom stereocenters. The lowest BCUT2D eigenvalue weighted by molar-refractivity contribution is 0.126. The molecule has 9 nitrogen and oxygen atoms in total. The number of hydrogen-bond donors (Lipinski definition) is 3. The van der Waals surface area contributed by atoms with E-state index in [1.54, 1.807) is 12.4 Å². The second-order valence-electron chi connectivity index (χ2n) is 7.46. The molecule has 3 aromatic rings. The third-order valence-electron chi connectivity index (χ3n) is 5.25. The molecule has 0 amide bonds. The van der Waals surface area contributed by atoms with Crippen LogP contribution < -0.4 is 10.6 Å². The van der Waals surface area contributed by atoms with Crippen LogP contribution in [0.15, 0.2) is 35.5 Å². The fraction of sp³-hybridized carbons (Fsp3) is 0.500.